The fraction of sp³-hybridized carbons (Fsp3) is 0.100. The Morgan fingerprint density at radius 1 is 1.38 bits per heavy atom. The van der Waals surface area contributed by atoms with Crippen LogP contribution in [0.5, 0.6) is 0 Å². The molecular formula is C10H8N4O2. The minimum atomic E-state index is -0.574. The average Bonchev–Trinajstić information content (AvgIpc) is 2.91. The Hall–Kier alpha value is -2.37. The van der Waals surface area contributed by atoms with Gasteiger partial charge in [-0.05, 0) is 6.07 Å². The van der Waals surface area contributed by atoms with Crippen LogP contribution in [-0.2, 0) is 11.3 Å². The van der Waals surface area contributed by atoms with Crippen LogP contribution in [0.15, 0.2) is 24.8 Å². The van der Waals surface area contributed by atoms with Crippen molar-refractivity contribution >= 4 is 17.4 Å². The molecule has 2 aromatic heterocycles. The van der Waals surface area contributed by atoms with Gasteiger partial charge in [0.25, 0.3) is 11.7 Å². The van der Waals surface area contributed by atoms with E-state index in [1.165, 1.54) is 0 Å². The first-order chi connectivity index (χ1) is 7.74. The molecule has 0 saturated heterocycles. The molecule has 0 aliphatic carbocycles. The fourth-order valence-electron chi connectivity index (χ4n) is 1.74. The SMILES string of the molecule is O=C1Nc2cc(Cn3ccnc3)[nH]c2C1=O. The first kappa shape index (κ1) is 8.90. The van der Waals surface area contributed by atoms with Gasteiger partial charge >= 0.3 is 0 Å². The number of carbonyl (C=O) groups is 2. The van der Waals surface area contributed by atoms with Crippen LogP contribution in [0.3, 0.4) is 0 Å². The van der Waals surface area contributed by atoms with Crippen LogP contribution in [0.4, 0.5) is 5.69 Å². The zero-order valence-corrected chi connectivity index (χ0v) is 8.23. The molecule has 1 aliphatic heterocycles. The second-order valence-corrected chi connectivity index (χ2v) is 3.60. The van der Waals surface area contributed by atoms with Gasteiger partial charge in [0.2, 0.25) is 0 Å². The topological polar surface area (TPSA) is 79.8 Å². The minimum absolute atomic E-state index is 0.347. The summed E-state index contributed by atoms with van der Waals surface area (Å²) >= 11 is 0. The van der Waals surface area contributed by atoms with Gasteiger partial charge in [-0.15, -0.1) is 0 Å². The molecule has 0 unspecified atom stereocenters. The number of imidazole rings is 1. The third-order valence-corrected chi connectivity index (χ3v) is 2.47. The molecular weight excluding hydrogens is 208 g/mol. The molecule has 1 aliphatic rings. The minimum Gasteiger partial charge on any atom is -0.352 e. The zero-order valence-electron chi connectivity index (χ0n) is 8.23. The van der Waals surface area contributed by atoms with Crippen LogP contribution in [0, 0.1) is 0 Å². The lowest BCUT2D eigenvalue weighted by molar-refractivity contribution is -0.112. The number of carbonyl (C=O) groups excluding carboxylic acids is 2. The Morgan fingerprint density at radius 3 is 2.94 bits per heavy atom. The molecule has 6 heteroatoms. The summed E-state index contributed by atoms with van der Waals surface area (Å²) in [6, 6.07) is 1.76. The molecule has 0 radical (unpaired) electrons. The maximum Gasteiger partial charge on any atom is 0.298 e. The average molecular weight is 216 g/mol. The predicted octanol–water partition coefficient (Wildman–Crippen LogP) is 0.394. The molecule has 0 spiro atoms. The third kappa shape index (κ3) is 1.23. The number of H-pyrrole nitrogens is 1. The van der Waals surface area contributed by atoms with Crippen molar-refractivity contribution in [1.29, 1.82) is 0 Å². The lowest BCUT2D eigenvalue weighted by atomic mass is 10.3. The van der Waals surface area contributed by atoms with E-state index in [2.05, 4.69) is 15.3 Å². The molecule has 80 valence electrons. The Kier molecular flexibility index (Phi) is 1.70. The lowest BCUT2D eigenvalue weighted by Gasteiger charge is -1.98. The van der Waals surface area contributed by atoms with Crippen molar-refractivity contribution in [3.63, 3.8) is 0 Å². The largest absolute Gasteiger partial charge is 0.352 e. The van der Waals surface area contributed by atoms with Crippen molar-refractivity contribution in [1.82, 2.24) is 14.5 Å². The van der Waals surface area contributed by atoms with Crippen LogP contribution < -0.4 is 5.32 Å². The zero-order chi connectivity index (χ0) is 11.1. The fourth-order valence-corrected chi connectivity index (χ4v) is 1.74. The van der Waals surface area contributed by atoms with Gasteiger partial charge in [-0.25, -0.2) is 4.98 Å². The second-order valence-electron chi connectivity index (χ2n) is 3.60. The number of Topliss-reactive ketones (excluding diaryl/α,β-unsaturated/α-hetero) is 1. The summed E-state index contributed by atoms with van der Waals surface area (Å²) in [5.74, 6) is -1.08. The van der Waals surface area contributed by atoms with E-state index in [0.29, 0.717) is 17.9 Å². The molecule has 2 N–H and O–H groups in total. The number of aromatic amines is 1. The van der Waals surface area contributed by atoms with Crippen LogP contribution >= 0.6 is 0 Å². The van der Waals surface area contributed by atoms with Gasteiger partial charge in [0.05, 0.1) is 18.6 Å². The highest BCUT2D eigenvalue weighted by Crippen LogP contribution is 2.23. The van der Waals surface area contributed by atoms with Crippen LogP contribution in [0.2, 0.25) is 0 Å². The summed E-state index contributed by atoms with van der Waals surface area (Å²) in [6.45, 7) is 0.593. The van der Waals surface area contributed by atoms with E-state index in [-0.39, 0.29) is 0 Å². The molecule has 1 amide bonds. The quantitative estimate of drug-likeness (QED) is 0.713. The van der Waals surface area contributed by atoms with E-state index < -0.39 is 11.7 Å². The first-order valence-electron chi connectivity index (χ1n) is 4.77. The number of nitrogens with one attached hydrogen (secondary N) is 2. The monoisotopic (exact) mass is 216 g/mol. The molecule has 0 fully saturated rings. The van der Waals surface area contributed by atoms with E-state index >= 15 is 0 Å². The Morgan fingerprint density at radius 2 is 2.25 bits per heavy atom. The van der Waals surface area contributed by atoms with Crippen molar-refractivity contribution in [3.8, 4) is 0 Å². The van der Waals surface area contributed by atoms with Crippen molar-refractivity contribution < 1.29 is 9.59 Å². The van der Waals surface area contributed by atoms with E-state index in [1.54, 1.807) is 18.6 Å². The number of nitrogens with zero attached hydrogens (tertiary/aromatic N) is 2. The van der Waals surface area contributed by atoms with Crippen LogP contribution in [0.25, 0.3) is 0 Å². The van der Waals surface area contributed by atoms with Gasteiger partial charge in [0.15, 0.2) is 0 Å². The number of amides is 1. The number of hydrogen-bond acceptors (Lipinski definition) is 3. The molecule has 0 atom stereocenters. The normalized spacial score (nSPS) is 14.0. The maximum absolute atomic E-state index is 11.3. The highest BCUT2D eigenvalue weighted by atomic mass is 16.2. The van der Waals surface area contributed by atoms with Gasteiger partial charge in [0, 0.05) is 18.1 Å². The summed E-state index contributed by atoms with van der Waals surface area (Å²) in [5.41, 5.74) is 1.77. The second kappa shape index (κ2) is 3.06. The Bertz CT molecular complexity index is 568. The Labute approximate surface area is 90.3 Å². The Balaban J connectivity index is 1.90. The highest BCUT2D eigenvalue weighted by Gasteiger charge is 2.30. The molecule has 3 rings (SSSR count). The highest BCUT2D eigenvalue weighted by molar-refractivity contribution is 6.51. The molecule has 0 bridgehead atoms. The van der Waals surface area contributed by atoms with Gasteiger partial charge in [-0.3, -0.25) is 9.59 Å². The number of ketones is 1. The first-order valence-corrected chi connectivity index (χ1v) is 4.77. The number of fused-ring (bicyclic) bond motifs is 1. The summed E-state index contributed by atoms with van der Waals surface area (Å²) in [6.07, 6.45) is 5.20. The molecule has 16 heavy (non-hydrogen) atoms. The van der Waals surface area contributed by atoms with Crippen LogP contribution in [0.1, 0.15) is 16.2 Å². The molecule has 0 saturated carbocycles. The van der Waals surface area contributed by atoms with Crippen molar-refractivity contribution in [3.05, 3.63) is 36.2 Å². The van der Waals surface area contributed by atoms with Crippen molar-refractivity contribution in [2.45, 2.75) is 6.54 Å². The van der Waals surface area contributed by atoms with Crippen molar-refractivity contribution in [2.24, 2.45) is 0 Å². The predicted molar refractivity (Wildman–Crippen MR) is 55.1 cm³/mol. The van der Waals surface area contributed by atoms with E-state index in [4.69, 9.17) is 0 Å². The van der Waals surface area contributed by atoms with E-state index in [9.17, 15) is 9.59 Å². The number of hydrogen-bond donors (Lipinski definition) is 2. The lowest BCUT2D eigenvalue weighted by Crippen LogP contribution is -2.14. The smallest absolute Gasteiger partial charge is 0.298 e. The molecule has 2 aromatic rings. The molecule has 0 aromatic carbocycles. The van der Waals surface area contributed by atoms with E-state index in [1.807, 2.05) is 10.8 Å². The van der Waals surface area contributed by atoms with Gasteiger partial charge in [-0.2, -0.15) is 0 Å². The van der Waals surface area contributed by atoms with Crippen molar-refractivity contribution in [2.75, 3.05) is 5.32 Å². The molecule has 6 nitrogen and oxygen atoms in total. The summed E-state index contributed by atoms with van der Waals surface area (Å²) in [4.78, 5) is 29.2. The summed E-state index contributed by atoms with van der Waals surface area (Å²) in [5, 5.41) is 2.50. The number of aromatic nitrogens is 3. The van der Waals surface area contributed by atoms with Gasteiger partial charge < -0.3 is 14.9 Å². The molecule has 3 heterocycles. The third-order valence-electron chi connectivity index (χ3n) is 2.47. The van der Waals surface area contributed by atoms with E-state index in [0.717, 1.165) is 5.69 Å². The summed E-state index contributed by atoms with van der Waals surface area (Å²) in [7, 11) is 0. The number of rotatable bonds is 2. The standard InChI is InChI=1S/C10H8N4O2/c15-9-8-7(13-10(9)16)3-6(12-8)4-14-2-1-11-5-14/h1-3,5,12H,4H2,(H,13,15,16). The van der Waals surface area contributed by atoms with Gasteiger partial charge in [-0.1, -0.05) is 0 Å². The van der Waals surface area contributed by atoms with Gasteiger partial charge in [0.1, 0.15) is 5.69 Å². The van der Waals surface area contributed by atoms with Crippen LogP contribution in [-0.4, -0.2) is 26.2 Å². The summed E-state index contributed by atoms with van der Waals surface area (Å²) < 4.78 is 1.87. The number of anilines is 1. The maximum atomic E-state index is 11.3.